The Bertz CT molecular complexity index is 162. The fourth-order valence-corrected chi connectivity index (χ4v) is 0.302. The van der Waals surface area contributed by atoms with Gasteiger partial charge >= 0.3 is 5.97 Å². The van der Waals surface area contributed by atoms with Crippen LogP contribution in [0.4, 0.5) is 0 Å². The summed E-state index contributed by atoms with van der Waals surface area (Å²) >= 11 is 0. The Morgan fingerprint density at radius 3 is 1.38 bits per heavy atom. The van der Waals surface area contributed by atoms with Gasteiger partial charge in [0, 0.05) is 0 Å². The smallest absolute Gasteiger partial charge is 0.372 e. The van der Waals surface area contributed by atoms with Crippen LogP contribution in [-0.4, -0.2) is 44.5 Å². The van der Waals surface area contributed by atoms with E-state index in [-0.39, 0.29) is 21.9 Å². The standard InChI is InChI=1S/C5H6O4.4H2O/c1-3(6)2-4(7)5(8)9;;;;/h2H2,1H3,(H,8,9);4*1H2. The van der Waals surface area contributed by atoms with Gasteiger partial charge < -0.3 is 27.0 Å². The zero-order valence-corrected chi connectivity index (χ0v) is 6.88. The number of ketones is 2. The Hall–Kier alpha value is -1.35. The second-order valence-corrected chi connectivity index (χ2v) is 1.61. The molecule has 0 rings (SSSR count). The molecular formula is C5H14O8. The van der Waals surface area contributed by atoms with Crippen molar-refractivity contribution in [1.82, 2.24) is 0 Å². The van der Waals surface area contributed by atoms with Gasteiger partial charge in [-0.1, -0.05) is 0 Å². The van der Waals surface area contributed by atoms with Crippen LogP contribution in [0.3, 0.4) is 0 Å². The van der Waals surface area contributed by atoms with Crippen molar-refractivity contribution in [2.24, 2.45) is 0 Å². The lowest BCUT2D eigenvalue weighted by molar-refractivity contribution is -0.150. The van der Waals surface area contributed by atoms with Gasteiger partial charge in [0.2, 0.25) is 5.78 Å². The van der Waals surface area contributed by atoms with Crippen LogP contribution in [0.15, 0.2) is 0 Å². The Kier molecular flexibility index (Phi) is 30.5. The zero-order chi connectivity index (χ0) is 7.44. The minimum Gasteiger partial charge on any atom is -0.475 e. The minimum atomic E-state index is -1.55. The van der Waals surface area contributed by atoms with Gasteiger partial charge in [0.1, 0.15) is 5.78 Å². The van der Waals surface area contributed by atoms with E-state index in [1.807, 2.05) is 0 Å². The van der Waals surface area contributed by atoms with Crippen LogP contribution in [0.25, 0.3) is 0 Å². The van der Waals surface area contributed by atoms with Crippen LogP contribution < -0.4 is 0 Å². The number of aliphatic carboxylic acids is 1. The molecule has 0 amide bonds. The van der Waals surface area contributed by atoms with Crippen molar-refractivity contribution in [3.63, 3.8) is 0 Å². The van der Waals surface area contributed by atoms with E-state index < -0.39 is 24.0 Å². The molecule has 0 fully saturated rings. The molecule has 0 aromatic heterocycles. The highest BCUT2D eigenvalue weighted by molar-refractivity contribution is 6.36. The average molecular weight is 202 g/mol. The van der Waals surface area contributed by atoms with Crippen molar-refractivity contribution in [2.45, 2.75) is 13.3 Å². The lowest BCUT2D eigenvalue weighted by atomic mass is 10.2. The van der Waals surface area contributed by atoms with Gasteiger partial charge in [-0.2, -0.15) is 0 Å². The van der Waals surface area contributed by atoms with Crippen molar-refractivity contribution in [1.29, 1.82) is 0 Å². The summed E-state index contributed by atoms with van der Waals surface area (Å²) in [6, 6.07) is 0. The third-order valence-electron chi connectivity index (χ3n) is 0.648. The highest BCUT2D eigenvalue weighted by Crippen LogP contribution is 1.83. The molecule has 0 heterocycles. The van der Waals surface area contributed by atoms with Crippen molar-refractivity contribution in [2.75, 3.05) is 0 Å². The van der Waals surface area contributed by atoms with Gasteiger partial charge in [0.15, 0.2) is 0 Å². The van der Waals surface area contributed by atoms with Crippen LogP contribution in [0, 0.1) is 0 Å². The van der Waals surface area contributed by atoms with Crippen LogP contribution in [0.1, 0.15) is 13.3 Å². The summed E-state index contributed by atoms with van der Waals surface area (Å²) in [5, 5.41) is 7.93. The number of carboxylic acid groups (broad SMARTS) is 1. The van der Waals surface area contributed by atoms with Crippen molar-refractivity contribution in [3.05, 3.63) is 0 Å². The number of Topliss-reactive ketones (excluding diaryl/α,β-unsaturated/α-hetero) is 2. The molecule has 8 nitrogen and oxygen atoms in total. The van der Waals surface area contributed by atoms with Crippen molar-refractivity contribution < 1.29 is 41.4 Å². The van der Waals surface area contributed by atoms with E-state index in [0.29, 0.717) is 0 Å². The van der Waals surface area contributed by atoms with E-state index in [0.717, 1.165) is 0 Å². The molecule has 0 radical (unpaired) electrons. The summed E-state index contributed by atoms with van der Waals surface area (Å²) in [7, 11) is 0. The molecule has 0 aliphatic heterocycles. The van der Waals surface area contributed by atoms with E-state index in [1.165, 1.54) is 6.92 Å². The second kappa shape index (κ2) is 13.3. The first-order chi connectivity index (χ1) is 4.04. The van der Waals surface area contributed by atoms with Gasteiger partial charge in [-0.25, -0.2) is 4.79 Å². The van der Waals surface area contributed by atoms with Gasteiger partial charge in [0.25, 0.3) is 0 Å². The first kappa shape index (κ1) is 29.9. The predicted molar refractivity (Wildman–Crippen MR) is 42.4 cm³/mol. The zero-order valence-electron chi connectivity index (χ0n) is 6.88. The lowest BCUT2D eigenvalue weighted by Gasteiger charge is -1.86. The summed E-state index contributed by atoms with van der Waals surface area (Å²) in [6.45, 7) is 1.17. The van der Waals surface area contributed by atoms with E-state index >= 15 is 0 Å². The number of carboxylic acids is 1. The van der Waals surface area contributed by atoms with Gasteiger partial charge in [-0.05, 0) is 6.92 Å². The van der Waals surface area contributed by atoms with Crippen LogP contribution in [0.2, 0.25) is 0 Å². The second-order valence-electron chi connectivity index (χ2n) is 1.61. The summed E-state index contributed by atoms with van der Waals surface area (Å²) in [5.41, 5.74) is 0. The third kappa shape index (κ3) is 18.0. The Morgan fingerprint density at radius 1 is 1.00 bits per heavy atom. The molecule has 0 aromatic rings. The molecule has 9 N–H and O–H groups in total. The highest BCUT2D eigenvalue weighted by Gasteiger charge is 2.12. The molecule has 0 unspecified atom stereocenters. The Labute approximate surface area is 73.4 Å². The molecule has 0 aromatic carbocycles. The van der Waals surface area contributed by atoms with Gasteiger partial charge in [-0.15, -0.1) is 0 Å². The molecule has 0 saturated carbocycles. The molecule has 0 spiro atoms. The SMILES string of the molecule is CC(=O)CC(=O)C(=O)O.O.O.O.O. The van der Waals surface area contributed by atoms with Gasteiger partial charge in [0.05, 0.1) is 6.42 Å². The van der Waals surface area contributed by atoms with E-state index in [9.17, 15) is 14.4 Å². The van der Waals surface area contributed by atoms with Gasteiger partial charge in [-0.3, -0.25) is 9.59 Å². The molecule has 82 valence electrons. The van der Waals surface area contributed by atoms with Crippen molar-refractivity contribution >= 4 is 17.5 Å². The average Bonchev–Trinajstić information content (AvgIpc) is 1.63. The normalized spacial score (nSPS) is 5.92. The lowest BCUT2D eigenvalue weighted by Crippen LogP contribution is -2.15. The largest absolute Gasteiger partial charge is 0.475 e. The number of carbonyl (C=O) groups excluding carboxylic acids is 2. The number of hydrogen-bond donors (Lipinski definition) is 1. The number of rotatable bonds is 3. The summed E-state index contributed by atoms with van der Waals surface area (Å²) in [6.07, 6.45) is -0.505. The summed E-state index contributed by atoms with van der Waals surface area (Å²) in [4.78, 5) is 29.9. The fraction of sp³-hybridized carbons (Fsp3) is 0.400. The van der Waals surface area contributed by atoms with E-state index in [4.69, 9.17) is 5.11 Å². The molecule has 0 bridgehead atoms. The Balaban J connectivity index is -0.0000000533. The van der Waals surface area contributed by atoms with Crippen molar-refractivity contribution in [3.8, 4) is 0 Å². The topological polar surface area (TPSA) is 197 Å². The number of hydrogen-bond acceptors (Lipinski definition) is 3. The van der Waals surface area contributed by atoms with Crippen LogP contribution >= 0.6 is 0 Å². The molecule has 0 saturated heterocycles. The maximum absolute atomic E-state index is 10.1. The first-order valence-electron chi connectivity index (χ1n) is 2.29. The molecule has 0 aliphatic rings. The predicted octanol–water partition coefficient (Wildman–Crippen LogP) is -3.68. The number of carbonyl (C=O) groups is 3. The summed E-state index contributed by atoms with van der Waals surface area (Å²) < 4.78 is 0. The van der Waals surface area contributed by atoms with Crippen LogP contribution in [-0.2, 0) is 14.4 Å². The maximum atomic E-state index is 10.1. The van der Waals surface area contributed by atoms with Crippen LogP contribution in [0.5, 0.6) is 0 Å². The Morgan fingerprint density at radius 2 is 1.31 bits per heavy atom. The maximum Gasteiger partial charge on any atom is 0.372 e. The van der Waals surface area contributed by atoms with E-state index in [2.05, 4.69) is 0 Å². The molecule has 0 aliphatic carbocycles. The molecule has 0 atom stereocenters. The fourth-order valence-electron chi connectivity index (χ4n) is 0.302. The molecule has 8 heteroatoms. The monoisotopic (exact) mass is 202 g/mol. The molecular weight excluding hydrogens is 188 g/mol. The first-order valence-corrected chi connectivity index (χ1v) is 2.29. The molecule has 13 heavy (non-hydrogen) atoms. The summed E-state index contributed by atoms with van der Waals surface area (Å²) in [5.74, 6) is -3.03. The highest BCUT2D eigenvalue weighted by atomic mass is 16.4. The third-order valence-corrected chi connectivity index (χ3v) is 0.648. The minimum absolute atomic E-state index is 0. The van der Waals surface area contributed by atoms with E-state index in [1.54, 1.807) is 0 Å². The quantitative estimate of drug-likeness (QED) is 0.363.